The summed E-state index contributed by atoms with van der Waals surface area (Å²) in [5, 5.41) is 11.5. The molecular formula is C9H12BrN5. The first-order chi connectivity index (χ1) is 7.20. The fourth-order valence-corrected chi connectivity index (χ4v) is 1.83. The minimum Gasteiger partial charge on any atom is -0.372 e. The molecule has 0 atom stereocenters. The summed E-state index contributed by atoms with van der Waals surface area (Å²) in [5.41, 5.74) is 0. The Labute approximate surface area is 97.3 Å². The van der Waals surface area contributed by atoms with E-state index < -0.39 is 0 Å². The second-order valence-electron chi connectivity index (χ2n) is 2.94. The fourth-order valence-electron chi connectivity index (χ4n) is 1.12. The van der Waals surface area contributed by atoms with Gasteiger partial charge in [0.25, 0.3) is 0 Å². The van der Waals surface area contributed by atoms with Crippen LogP contribution in [0.15, 0.2) is 10.8 Å². The quantitative estimate of drug-likeness (QED) is 0.900. The lowest BCUT2D eigenvalue weighted by Gasteiger charge is -2.18. The Hall–Kier alpha value is -1.35. The van der Waals surface area contributed by atoms with Crippen molar-refractivity contribution in [1.29, 1.82) is 5.26 Å². The molecule has 0 aliphatic carbocycles. The average molecular weight is 270 g/mol. The number of nitrogens with one attached hydrogen (secondary N) is 1. The molecule has 6 heteroatoms. The van der Waals surface area contributed by atoms with Crippen LogP contribution in [0.4, 0.5) is 11.6 Å². The number of hydrogen-bond donors (Lipinski definition) is 1. The molecule has 0 amide bonds. The number of rotatable bonds is 4. The first kappa shape index (κ1) is 11.7. The van der Waals surface area contributed by atoms with E-state index >= 15 is 0 Å². The third-order valence-electron chi connectivity index (χ3n) is 1.93. The van der Waals surface area contributed by atoms with Gasteiger partial charge in [-0.3, -0.25) is 0 Å². The topological polar surface area (TPSA) is 64.8 Å². The van der Waals surface area contributed by atoms with Gasteiger partial charge >= 0.3 is 0 Å². The minimum atomic E-state index is 0.474. The maximum atomic E-state index is 8.50. The molecular weight excluding hydrogens is 258 g/mol. The second kappa shape index (κ2) is 5.51. The Morgan fingerprint density at radius 1 is 1.60 bits per heavy atom. The molecule has 0 bridgehead atoms. The predicted octanol–water partition coefficient (Wildman–Crippen LogP) is 1.63. The van der Waals surface area contributed by atoms with Crippen molar-refractivity contribution >= 4 is 27.6 Å². The van der Waals surface area contributed by atoms with Crippen LogP contribution >= 0.6 is 15.9 Å². The molecule has 0 saturated carbocycles. The van der Waals surface area contributed by atoms with Gasteiger partial charge < -0.3 is 10.2 Å². The van der Waals surface area contributed by atoms with E-state index in [1.165, 1.54) is 6.33 Å². The molecule has 1 heterocycles. The van der Waals surface area contributed by atoms with Crippen molar-refractivity contribution in [1.82, 2.24) is 9.97 Å². The summed E-state index contributed by atoms with van der Waals surface area (Å²) < 4.78 is 0.813. The summed E-state index contributed by atoms with van der Waals surface area (Å²) in [4.78, 5) is 10.1. The Balaban J connectivity index is 2.89. The van der Waals surface area contributed by atoms with Crippen LogP contribution < -0.4 is 10.2 Å². The van der Waals surface area contributed by atoms with Gasteiger partial charge in [0.2, 0.25) is 0 Å². The SMILES string of the molecule is CNc1ncnc(N(C)CCC#N)c1Br. The zero-order valence-electron chi connectivity index (χ0n) is 8.66. The number of nitrogens with zero attached hydrogens (tertiary/aromatic N) is 4. The van der Waals surface area contributed by atoms with Crippen molar-refractivity contribution in [2.75, 3.05) is 30.9 Å². The molecule has 0 unspecified atom stereocenters. The maximum Gasteiger partial charge on any atom is 0.148 e. The van der Waals surface area contributed by atoms with Crippen LogP contribution in [0.1, 0.15) is 6.42 Å². The fraction of sp³-hybridized carbons (Fsp3) is 0.444. The first-order valence-electron chi connectivity index (χ1n) is 4.47. The smallest absolute Gasteiger partial charge is 0.148 e. The molecule has 0 fully saturated rings. The third kappa shape index (κ3) is 2.80. The van der Waals surface area contributed by atoms with Crippen LogP contribution in [0, 0.1) is 11.3 Å². The van der Waals surface area contributed by atoms with Crippen LogP contribution in [0.5, 0.6) is 0 Å². The van der Waals surface area contributed by atoms with Gasteiger partial charge in [-0.25, -0.2) is 9.97 Å². The Morgan fingerprint density at radius 2 is 2.33 bits per heavy atom. The summed E-state index contributed by atoms with van der Waals surface area (Å²) in [6, 6.07) is 2.10. The van der Waals surface area contributed by atoms with Gasteiger partial charge in [-0.2, -0.15) is 5.26 Å². The van der Waals surface area contributed by atoms with Crippen LogP contribution in [0.25, 0.3) is 0 Å². The van der Waals surface area contributed by atoms with Crippen LogP contribution in [0.3, 0.4) is 0 Å². The standard InChI is InChI=1S/C9H12BrN5/c1-12-8-7(10)9(14-6-13-8)15(2)5-3-4-11/h6H,3,5H2,1-2H3,(H,12,13,14). The lowest BCUT2D eigenvalue weighted by atomic mass is 10.4. The zero-order valence-corrected chi connectivity index (χ0v) is 10.2. The number of nitriles is 1. The van der Waals surface area contributed by atoms with Gasteiger partial charge in [-0.1, -0.05) is 0 Å². The van der Waals surface area contributed by atoms with Crippen molar-refractivity contribution in [3.8, 4) is 6.07 Å². The normalized spacial score (nSPS) is 9.47. The van der Waals surface area contributed by atoms with E-state index in [1.807, 2.05) is 11.9 Å². The summed E-state index contributed by atoms with van der Waals surface area (Å²) in [7, 11) is 3.69. The number of hydrogen-bond acceptors (Lipinski definition) is 5. The highest BCUT2D eigenvalue weighted by Gasteiger charge is 2.10. The summed E-state index contributed by atoms with van der Waals surface area (Å²) in [6.45, 7) is 0.648. The lowest BCUT2D eigenvalue weighted by molar-refractivity contribution is 0.876. The Kier molecular flexibility index (Phi) is 4.31. The molecule has 1 rings (SSSR count). The highest BCUT2D eigenvalue weighted by atomic mass is 79.9. The van der Waals surface area contributed by atoms with Gasteiger partial charge in [0.1, 0.15) is 22.4 Å². The molecule has 0 spiro atoms. The number of aromatic nitrogens is 2. The van der Waals surface area contributed by atoms with E-state index in [9.17, 15) is 0 Å². The van der Waals surface area contributed by atoms with E-state index in [2.05, 4.69) is 37.3 Å². The van der Waals surface area contributed by atoms with Gasteiger partial charge in [-0.15, -0.1) is 0 Å². The van der Waals surface area contributed by atoms with Crippen LogP contribution in [0.2, 0.25) is 0 Å². The van der Waals surface area contributed by atoms with E-state index in [0.717, 1.165) is 16.1 Å². The summed E-state index contributed by atoms with van der Waals surface area (Å²) in [6.07, 6.45) is 1.97. The molecule has 0 radical (unpaired) electrons. The number of halogens is 1. The van der Waals surface area contributed by atoms with Gasteiger partial charge in [0.05, 0.1) is 12.5 Å². The summed E-state index contributed by atoms with van der Waals surface area (Å²) >= 11 is 3.42. The molecule has 1 aromatic rings. The predicted molar refractivity (Wildman–Crippen MR) is 62.8 cm³/mol. The highest BCUT2D eigenvalue weighted by Crippen LogP contribution is 2.28. The van der Waals surface area contributed by atoms with Crippen molar-refractivity contribution in [3.63, 3.8) is 0 Å². The number of anilines is 2. The van der Waals surface area contributed by atoms with Crippen LogP contribution in [-0.2, 0) is 0 Å². The third-order valence-corrected chi connectivity index (χ3v) is 2.66. The average Bonchev–Trinajstić information content (AvgIpc) is 2.26. The van der Waals surface area contributed by atoms with Gasteiger partial charge in [-0.05, 0) is 15.9 Å². The molecule has 15 heavy (non-hydrogen) atoms. The molecule has 5 nitrogen and oxygen atoms in total. The van der Waals surface area contributed by atoms with Gasteiger partial charge in [0.15, 0.2) is 0 Å². The molecule has 80 valence electrons. The Morgan fingerprint density at radius 3 is 2.93 bits per heavy atom. The lowest BCUT2D eigenvalue weighted by Crippen LogP contribution is -2.20. The van der Waals surface area contributed by atoms with Gasteiger partial charge in [0, 0.05) is 20.6 Å². The monoisotopic (exact) mass is 269 g/mol. The molecule has 0 aliphatic heterocycles. The highest BCUT2D eigenvalue weighted by molar-refractivity contribution is 9.10. The van der Waals surface area contributed by atoms with E-state index in [-0.39, 0.29) is 0 Å². The first-order valence-corrected chi connectivity index (χ1v) is 5.26. The van der Waals surface area contributed by atoms with E-state index in [0.29, 0.717) is 13.0 Å². The molecule has 0 aliphatic rings. The molecule has 1 aromatic heterocycles. The molecule has 0 aromatic carbocycles. The van der Waals surface area contributed by atoms with E-state index in [1.54, 1.807) is 7.05 Å². The minimum absolute atomic E-state index is 0.474. The van der Waals surface area contributed by atoms with Crippen molar-refractivity contribution < 1.29 is 0 Å². The Bertz CT molecular complexity index is 373. The van der Waals surface area contributed by atoms with Crippen molar-refractivity contribution in [2.24, 2.45) is 0 Å². The zero-order chi connectivity index (χ0) is 11.3. The van der Waals surface area contributed by atoms with Crippen molar-refractivity contribution in [3.05, 3.63) is 10.8 Å². The summed E-state index contributed by atoms with van der Waals surface area (Å²) in [5.74, 6) is 1.52. The van der Waals surface area contributed by atoms with Crippen LogP contribution in [-0.4, -0.2) is 30.6 Å². The second-order valence-corrected chi connectivity index (χ2v) is 3.73. The van der Waals surface area contributed by atoms with Crippen molar-refractivity contribution in [2.45, 2.75) is 6.42 Å². The largest absolute Gasteiger partial charge is 0.372 e. The van der Waals surface area contributed by atoms with E-state index in [4.69, 9.17) is 5.26 Å². The maximum absolute atomic E-state index is 8.50. The molecule has 0 saturated heterocycles. The molecule has 1 N–H and O–H groups in total.